The lowest BCUT2D eigenvalue weighted by Gasteiger charge is -2.11. The van der Waals surface area contributed by atoms with Gasteiger partial charge in [-0.25, -0.2) is 9.97 Å². The van der Waals surface area contributed by atoms with Crippen molar-refractivity contribution >= 4 is 23.0 Å². The van der Waals surface area contributed by atoms with Gasteiger partial charge in [0.25, 0.3) is 0 Å². The zero-order valence-electron chi connectivity index (χ0n) is 10.0. The van der Waals surface area contributed by atoms with Crippen molar-refractivity contribution in [1.82, 2.24) is 9.97 Å². The van der Waals surface area contributed by atoms with Crippen LogP contribution in [0.25, 0.3) is 0 Å². The first-order valence-electron chi connectivity index (χ1n) is 6.01. The van der Waals surface area contributed by atoms with E-state index in [0.717, 1.165) is 24.2 Å². The summed E-state index contributed by atoms with van der Waals surface area (Å²) in [5.74, 6) is 2.43. The van der Waals surface area contributed by atoms with Gasteiger partial charge >= 0.3 is 0 Å². The van der Waals surface area contributed by atoms with Crippen LogP contribution in [0.15, 0.2) is 12.4 Å². The Morgan fingerprint density at radius 1 is 1.47 bits per heavy atom. The zero-order chi connectivity index (χ0) is 12.3. The fourth-order valence-electron chi connectivity index (χ4n) is 2.31. The summed E-state index contributed by atoms with van der Waals surface area (Å²) in [5.41, 5.74) is 6.03. The van der Waals surface area contributed by atoms with Crippen molar-refractivity contribution in [2.75, 3.05) is 11.9 Å². The minimum absolute atomic E-state index is 0.286. The molecule has 4 nitrogen and oxygen atoms in total. The van der Waals surface area contributed by atoms with Gasteiger partial charge in [0.05, 0.1) is 12.4 Å². The lowest BCUT2D eigenvalue weighted by Crippen LogP contribution is -2.15. The molecule has 5 heteroatoms. The molecule has 2 rings (SSSR count). The van der Waals surface area contributed by atoms with Crippen LogP contribution < -0.4 is 11.1 Å². The summed E-state index contributed by atoms with van der Waals surface area (Å²) in [6.45, 7) is 3.29. The van der Waals surface area contributed by atoms with Crippen LogP contribution in [0.1, 0.15) is 31.9 Å². The molecule has 1 aromatic rings. The van der Waals surface area contributed by atoms with E-state index in [1.165, 1.54) is 19.3 Å². The highest BCUT2D eigenvalue weighted by molar-refractivity contribution is 7.80. The molecule has 0 spiro atoms. The second-order valence-electron chi connectivity index (χ2n) is 4.82. The molecule has 1 aliphatic rings. The van der Waals surface area contributed by atoms with Gasteiger partial charge in [-0.05, 0) is 24.7 Å². The number of rotatable bonds is 4. The van der Waals surface area contributed by atoms with Gasteiger partial charge in [-0.15, -0.1) is 0 Å². The molecule has 1 saturated carbocycles. The quantitative estimate of drug-likeness (QED) is 0.800. The smallest absolute Gasteiger partial charge is 0.144 e. The monoisotopic (exact) mass is 250 g/mol. The fraction of sp³-hybridized carbons (Fsp3) is 0.583. The Kier molecular flexibility index (Phi) is 3.89. The third-order valence-electron chi connectivity index (χ3n) is 3.28. The first kappa shape index (κ1) is 12.2. The third-order valence-corrected chi connectivity index (χ3v) is 3.49. The SMILES string of the molecule is CC1CCC(CNc2cnc(C(N)=S)cn2)C1. The van der Waals surface area contributed by atoms with Crippen molar-refractivity contribution < 1.29 is 0 Å². The Labute approximate surface area is 107 Å². The summed E-state index contributed by atoms with van der Waals surface area (Å²) >= 11 is 4.83. The molecular weight excluding hydrogens is 232 g/mol. The van der Waals surface area contributed by atoms with E-state index in [1.54, 1.807) is 12.4 Å². The van der Waals surface area contributed by atoms with Crippen LogP contribution >= 0.6 is 12.2 Å². The Morgan fingerprint density at radius 2 is 2.29 bits per heavy atom. The van der Waals surface area contributed by atoms with Crippen LogP contribution in [0.5, 0.6) is 0 Å². The molecule has 92 valence electrons. The van der Waals surface area contributed by atoms with Gasteiger partial charge in [0.15, 0.2) is 0 Å². The molecule has 3 N–H and O–H groups in total. The van der Waals surface area contributed by atoms with Crippen molar-refractivity contribution in [1.29, 1.82) is 0 Å². The molecule has 0 amide bonds. The molecular formula is C12H18N4S. The van der Waals surface area contributed by atoms with E-state index in [4.69, 9.17) is 18.0 Å². The predicted molar refractivity (Wildman–Crippen MR) is 72.9 cm³/mol. The molecule has 1 aliphatic carbocycles. The molecule has 1 fully saturated rings. The number of nitrogens with two attached hydrogens (primary N) is 1. The first-order valence-corrected chi connectivity index (χ1v) is 6.41. The highest BCUT2D eigenvalue weighted by Crippen LogP contribution is 2.30. The minimum atomic E-state index is 0.286. The van der Waals surface area contributed by atoms with Gasteiger partial charge in [-0.3, -0.25) is 0 Å². The maximum absolute atomic E-state index is 5.46. The topological polar surface area (TPSA) is 63.8 Å². The fourth-order valence-corrected chi connectivity index (χ4v) is 2.41. The van der Waals surface area contributed by atoms with E-state index in [9.17, 15) is 0 Å². The van der Waals surface area contributed by atoms with Crippen LogP contribution in [0.3, 0.4) is 0 Å². The van der Waals surface area contributed by atoms with Gasteiger partial charge in [0.2, 0.25) is 0 Å². The number of nitrogens with one attached hydrogen (secondary N) is 1. The maximum Gasteiger partial charge on any atom is 0.144 e. The molecule has 2 unspecified atom stereocenters. The minimum Gasteiger partial charge on any atom is -0.388 e. The van der Waals surface area contributed by atoms with Crippen LogP contribution in [0.4, 0.5) is 5.82 Å². The number of nitrogens with zero attached hydrogens (tertiary/aromatic N) is 2. The maximum atomic E-state index is 5.46. The van der Waals surface area contributed by atoms with Crippen LogP contribution in [-0.2, 0) is 0 Å². The number of hydrogen-bond acceptors (Lipinski definition) is 4. The lowest BCUT2D eigenvalue weighted by molar-refractivity contribution is 0.536. The Morgan fingerprint density at radius 3 is 2.82 bits per heavy atom. The van der Waals surface area contributed by atoms with Gasteiger partial charge in [-0.2, -0.15) is 0 Å². The average molecular weight is 250 g/mol. The van der Waals surface area contributed by atoms with Crippen LogP contribution in [0.2, 0.25) is 0 Å². The molecule has 17 heavy (non-hydrogen) atoms. The van der Waals surface area contributed by atoms with Crippen molar-refractivity contribution in [3.05, 3.63) is 18.1 Å². The summed E-state index contributed by atoms with van der Waals surface area (Å²) < 4.78 is 0. The van der Waals surface area contributed by atoms with E-state index in [0.29, 0.717) is 5.69 Å². The molecule has 1 heterocycles. The Bertz CT molecular complexity index is 390. The number of anilines is 1. The average Bonchev–Trinajstić information content (AvgIpc) is 2.73. The molecule has 2 atom stereocenters. The van der Waals surface area contributed by atoms with Gasteiger partial charge < -0.3 is 11.1 Å². The lowest BCUT2D eigenvalue weighted by atomic mass is 10.1. The van der Waals surface area contributed by atoms with Crippen molar-refractivity contribution in [3.8, 4) is 0 Å². The number of thiocarbonyl (C=S) groups is 1. The Balaban J connectivity index is 1.85. The highest BCUT2D eigenvalue weighted by atomic mass is 32.1. The summed E-state index contributed by atoms with van der Waals surface area (Å²) in [6.07, 6.45) is 7.27. The van der Waals surface area contributed by atoms with Gasteiger partial charge in [0, 0.05) is 6.54 Å². The van der Waals surface area contributed by atoms with Crippen molar-refractivity contribution in [3.63, 3.8) is 0 Å². The second kappa shape index (κ2) is 5.40. The largest absolute Gasteiger partial charge is 0.388 e. The first-order chi connectivity index (χ1) is 8.15. The van der Waals surface area contributed by atoms with Crippen molar-refractivity contribution in [2.45, 2.75) is 26.2 Å². The van der Waals surface area contributed by atoms with E-state index in [-0.39, 0.29) is 4.99 Å². The van der Waals surface area contributed by atoms with Crippen LogP contribution in [-0.4, -0.2) is 21.5 Å². The third kappa shape index (κ3) is 3.36. The molecule has 0 bridgehead atoms. The molecule has 1 aromatic heterocycles. The molecule has 0 aliphatic heterocycles. The van der Waals surface area contributed by atoms with E-state index >= 15 is 0 Å². The normalized spacial score (nSPS) is 23.6. The van der Waals surface area contributed by atoms with E-state index in [2.05, 4.69) is 22.2 Å². The number of hydrogen-bond donors (Lipinski definition) is 2. The predicted octanol–water partition coefficient (Wildman–Crippen LogP) is 1.96. The highest BCUT2D eigenvalue weighted by Gasteiger charge is 2.20. The van der Waals surface area contributed by atoms with E-state index < -0.39 is 0 Å². The van der Waals surface area contributed by atoms with Gasteiger partial charge in [0.1, 0.15) is 16.5 Å². The zero-order valence-corrected chi connectivity index (χ0v) is 10.8. The Hall–Kier alpha value is -1.23. The molecule has 0 aromatic carbocycles. The second-order valence-corrected chi connectivity index (χ2v) is 5.26. The van der Waals surface area contributed by atoms with Crippen LogP contribution in [0, 0.1) is 11.8 Å². The molecule has 0 saturated heterocycles. The number of aromatic nitrogens is 2. The van der Waals surface area contributed by atoms with E-state index in [1.807, 2.05) is 0 Å². The summed E-state index contributed by atoms with van der Waals surface area (Å²) in [7, 11) is 0. The van der Waals surface area contributed by atoms with Crippen molar-refractivity contribution in [2.24, 2.45) is 17.6 Å². The van der Waals surface area contributed by atoms with Gasteiger partial charge in [-0.1, -0.05) is 25.6 Å². The molecule has 0 radical (unpaired) electrons. The summed E-state index contributed by atoms with van der Waals surface area (Å²) in [5, 5.41) is 3.32. The summed E-state index contributed by atoms with van der Waals surface area (Å²) in [6, 6.07) is 0. The standard InChI is InChI=1S/C12H18N4S/c1-8-2-3-9(4-8)5-15-11-7-14-10(6-16-11)12(13)17/h6-9H,2-5H2,1H3,(H2,13,17)(H,15,16). The summed E-state index contributed by atoms with van der Waals surface area (Å²) in [4.78, 5) is 8.67.